The van der Waals surface area contributed by atoms with Crippen molar-refractivity contribution in [1.29, 1.82) is 0 Å². The highest BCUT2D eigenvalue weighted by atomic mass is 16.6. The predicted octanol–water partition coefficient (Wildman–Crippen LogP) is 1.08. The van der Waals surface area contributed by atoms with Crippen molar-refractivity contribution < 1.29 is 14.3 Å². The second kappa shape index (κ2) is 5.98. The maximum absolute atomic E-state index is 11.5. The third-order valence-corrected chi connectivity index (χ3v) is 1.95. The summed E-state index contributed by atoms with van der Waals surface area (Å²) in [5, 5.41) is 0. The van der Waals surface area contributed by atoms with Crippen LogP contribution < -0.4 is 5.73 Å². The van der Waals surface area contributed by atoms with E-state index in [0.29, 0.717) is 13.0 Å². The van der Waals surface area contributed by atoms with Crippen molar-refractivity contribution in [1.82, 2.24) is 0 Å². The molecule has 0 heterocycles. The molecule has 2 atom stereocenters. The molecule has 0 saturated heterocycles. The first-order valence-electron chi connectivity index (χ1n) is 4.93. The van der Waals surface area contributed by atoms with Gasteiger partial charge in [0.2, 0.25) is 0 Å². The van der Waals surface area contributed by atoms with Crippen molar-refractivity contribution >= 4 is 5.97 Å². The molecule has 0 amide bonds. The molecule has 0 aromatic rings. The summed E-state index contributed by atoms with van der Waals surface area (Å²) in [6.07, 6.45) is 1.25. The molecule has 2 N–H and O–H groups in total. The van der Waals surface area contributed by atoms with Crippen LogP contribution in [0.2, 0.25) is 0 Å². The van der Waals surface area contributed by atoms with Crippen LogP contribution in [-0.4, -0.2) is 31.3 Å². The van der Waals surface area contributed by atoms with Gasteiger partial charge in [-0.15, -0.1) is 0 Å². The molecule has 0 spiro atoms. The first-order valence-corrected chi connectivity index (χ1v) is 4.93. The maximum atomic E-state index is 11.5. The van der Waals surface area contributed by atoms with E-state index in [9.17, 15) is 4.79 Å². The molecule has 2 unspecified atom stereocenters. The molecule has 0 aromatic carbocycles. The predicted molar refractivity (Wildman–Crippen MR) is 54.9 cm³/mol. The number of hydrogen-bond acceptors (Lipinski definition) is 4. The lowest BCUT2D eigenvalue weighted by atomic mass is 9.98. The van der Waals surface area contributed by atoms with Gasteiger partial charge in [-0.25, -0.2) is 0 Å². The Morgan fingerprint density at radius 3 is 2.57 bits per heavy atom. The zero-order chi connectivity index (χ0) is 11.2. The Morgan fingerprint density at radius 2 is 2.14 bits per heavy atom. The van der Waals surface area contributed by atoms with E-state index in [1.54, 1.807) is 21.0 Å². The minimum atomic E-state index is -0.878. The van der Waals surface area contributed by atoms with Gasteiger partial charge in [0.15, 0.2) is 0 Å². The molecule has 0 radical (unpaired) electrons. The number of carbonyl (C=O) groups is 1. The third kappa shape index (κ3) is 4.58. The Hall–Kier alpha value is -0.610. The zero-order valence-electron chi connectivity index (χ0n) is 9.50. The minimum absolute atomic E-state index is 0.243. The standard InChI is InChI=1S/C10H21NO3/c1-5-6-10(3,11)9(12)14-8(2)7-13-4/h8H,5-7,11H2,1-4H3. The molecular weight excluding hydrogens is 182 g/mol. The average Bonchev–Trinajstić information content (AvgIpc) is 2.04. The van der Waals surface area contributed by atoms with E-state index in [4.69, 9.17) is 15.2 Å². The SMILES string of the molecule is CCCC(C)(N)C(=O)OC(C)COC. The molecule has 4 nitrogen and oxygen atoms in total. The molecular formula is C10H21NO3. The van der Waals surface area contributed by atoms with E-state index in [1.165, 1.54) is 0 Å². The summed E-state index contributed by atoms with van der Waals surface area (Å²) >= 11 is 0. The maximum Gasteiger partial charge on any atom is 0.326 e. The average molecular weight is 203 g/mol. The van der Waals surface area contributed by atoms with Crippen molar-refractivity contribution in [3.63, 3.8) is 0 Å². The van der Waals surface area contributed by atoms with Crippen LogP contribution >= 0.6 is 0 Å². The molecule has 14 heavy (non-hydrogen) atoms. The van der Waals surface area contributed by atoms with Gasteiger partial charge in [-0.05, 0) is 20.3 Å². The molecule has 0 aliphatic heterocycles. The van der Waals surface area contributed by atoms with Crippen molar-refractivity contribution in [2.24, 2.45) is 5.73 Å². The van der Waals surface area contributed by atoms with E-state index in [-0.39, 0.29) is 12.1 Å². The molecule has 0 saturated carbocycles. The van der Waals surface area contributed by atoms with Gasteiger partial charge in [-0.1, -0.05) is 13.3 Å². The normalized spacial score (nSPS) is 17.2. The van der Waals surface area contributed by atoms with Crippen LogP contribution in [0.4, 0.5) is 0 Å². The second-order valence-corrected chi connectivity index (χ2v) is 3.84. The highest BCUT2D eigenvalue weighted by Gasteiger charge is 2.30. The second-order valence-electron chi connectivity index (χ2n) is 3.84. The summed E-state index contributed by atoms with van der Waals surface area (Å²) in [5.74, 6) is -0.357. The molecule has 84 valence electrons. The van der Waals surface area contributed by atoms with E-state index in [0.717, 1.165) is 6.42 Å². The molecule has 0 aromatic heterocycles. The zero-order valence-corrected chi connectivity index (χ0v) is 9.50. The molecule has 0 aliphatic rings. The van der Waals surface area contributed by atoms with Crippen LogP contribution in [0.3, 0.4) is 0 Å². The number of rotatable bonds is 6. The van der Waals surface area contributed by atoms with Crippen LogP contribution in [0, 0.1) is 0 Å². The number of nitrogens with two attached hydrogens (primary N) is 1. The molecule has 0 fully saturated rings. The van der Waals surface area contributed by atoms with Crippen molar-refractivity contribution in [2.75, 3.05) is 13.7 Å². The summed E-state index contributed by atoms with van der Waals surface area (Å²) in [6.45, 7) is 5.85. The number of esters is 1. The quantitative estimate of drug-likeness (QED) is 0.656. The minimum Gasteiger partial charge on any atom is -0.459 e. The molecule has 0 aliphatic carbocycles. The molecule has 0 rings (SSSR count). The monoisotopic (exact) mass is 203 g/mol. The van der Waals surface area contributed by atoms with E-state index >= 15 is 0 Å². The Bertz CT molecular complexity index is 180. The van der Waals surface area contributed by atoms with E-state index in [2.05, 4.69) is 0 Å². The lowest BCUT2D eigenvalue weighted by Crippen LogP contribution is -2.47. The van der Waals surface area contributed by atoms with Gasteiger partial charge in [0.25, 0.3) is 0 Å². The van der Waals surface area contributed by atoms with Crippen molar-refractivity contribution in [3.05, 3.63) is 0 Å². The summed E-state index contributed by atoms with van der Waals surface area (Å²) in [4.78, 5) is 11.5. The Balaban J connectivity index is 4.05. The van der Waals surface area contributed by atoms with Crippen LogP contribution in [0.25, 0.3) is 0 Å². The number of hydrogen-bond donors (Lipinski definition) is 1. The van der Waals surface area contributed by atoms with Gasteiger partial charge < -0.3 is 15.2 Å². The van der Waals surface area contributed by atoms with Crippen LogP contribution in [0.15, 0.2) is 0 Å². The van der Waals surface area contributed by atoms with Crippen molar-refractivity contribution in [2.45, 2.75) is 45.3 Å². The fourth-order valence-electron chi connectivity index (χ4n) is 1.21. The summed E-state index contributed by atoms with van der Waals surface area (Å²) in [7, 11) is 1.57. The largest absolute Gasteiger partial charge is 0.459 e. The van der Waals surface area contributed by atoms with Crippen LogP contribution in [0.1, 0.15) is 33.6 Å². The lowest BCUT2D eigenvalue weighted by Gasteiger charge is -2.24. The van der Waals surface area contributed by atoms with Crippen molar-refractivity contribution in [3.8, 4) is 0 Å². The van der Waals surface area contributed by atoms with Gasteiger partial charge in [0.1, 0.15) is 11.6 Å². The highest BCUT2D eigenvalue weighted by Crippen LogP contribution is 2.11. The van der Waals surface area contributed by atoms with Gasteiger partial charge >= 0.3 is 5.97 Å². The molecule has 0 bridgehead atoms. The van der Waals surface area contributed by atoms with Crippen LogP contribution in [-0.2, 0) is 14.3 Å². The fourth-order valence-corrected chi connectivity index (χ4v) is 1.21. The summed E-state index contributed by atoms with van der Waals surface area (Å²) in [5.41, 5.74) is 4.92. The van der Waals surface area contributed by atoms with E-state index in [1.807, 2.05) is 6.92 Å². The van der Waals surface area contributed by atoms with Gasteiger partial charge in [-0.3, -0.25) is 4.79 Å². The first-order chi connectivity index (χ1) is 6.44. The van der Waals surface area contributed by atoms with Gasteiger partial charge in [0, 0.05) is 7.11 Å². The summed E-state index contributed by atoms with van der Waals surface area (Å²) in [6, 6.07) is 0. The fraction of sp³-hybridized carbons (Fsp3) is 0.900. The first kappa shape index (κ1) is 13.4. The number of ether oxygens (including phenoxy) is 2. The Labute approximate surface area is 85.8 Å². The number of methoxy groups -OCH3 is 1. The topological polar surface area (TPSA) is 61.6 Å². The smallest absolute Gasteiger partial charge is 0.326 e. The van der Waals surface area contributed by atoms with Crippen LogP contribution in [0.5, 0.6) is 0 Å². The lowest BCUT2D eigenvalue weighted by molar-refractivity contribution is -0.156. The Kier molecular flexibility index (Phi) is 5.72. The van der Waals surface area contributed by atoms with Gasteiger partial charge in [0.05, 0.1) is 6.61 Å². The Morgan fingerprint density at radius 1 is 1.57 bits per heavy atom. The number of carbonyl (C=O) groups excluding carboxylic acids is 1. The molecule has 4 heteroatoms. The van der Waals surface area contributed by atoms with E-state index < -0.39 is 5.54 Å². The summed E-state index contributed by atoms with van der Waals surface area (Å²) < 4.78 is 9.98. The third-order valence-electron chi connectivity index (χ3n) is 1.95. The highest BCUT2D eigenvalue weighted by molar-refractivity contribution is 5.80. The van der Waals surface area contributed by atoms with Gasteiger partial charge in [-0.2, -0.15) is 0 Å².